The minimum atomic E-state index is -1.62. The molecule has 0 saturated carbocycles. The third-order valence-electron chi connectivity index (χ3n) is 6.00. The lowest BCUT2D eigenvalue weighted by Crippen LogP contribution is -2.53. The highest BCUT2D eigenvalue weighted by Crippen LogP contribution is 2.44. The van der Waals surface area contributed by atoms with E-state index in [1.54, 1.807) is 13.8 Å². The molecule has 35 heavy (non-hydrogen) atoms. The van der Waals surface area contributed by atoms with Gasteiger partial charge in [-0.25, -0.2) is 9.59 Å². The van der Waals surface area contributed by atoms with Gasteiger partial charge in [-0.15, -0.1) is 0 Å². The molecule has 1 aliphatic rings. The third-order valence-corrected chi connectivity index (χ3v) is 6.00. The van der Waals surface area contributed by atoms with Crippen LogP contribution in [0.5, 0.6) is 0 Å². The zero-order valence-corrected chi connectivity index (χ0v) is 19.8. The minimum absolute atomic E-state index is 0.0194. The Kier molecular flexibility index (Phi) is 8.83. The molecule has 0 fully saturated rings. The SMILES string of the molecule is CCOC(=O)C(NC(=O)OCC1c2ccccc2-c2ccccc21)C(=O)NCC(CC)CC(=O)O. The number of aliphatic carboxylic acids is 1. The van der Waals surface area contributed by atoms with Crippen molar-refractivity contribution in [1.29, 1.82) is 0 Å². The second-order valence-electron chi connectivity index (χ2n) is 8.27. The predicted molar refractivity (Wildman–Crippen MR) is 128 cm³/mol. The van der Waals surface area contributed by atoms with Gasteiger partial charge in [0.2, 0.25) is 6.04 Å². The zero-order valence-electron chi connectivity index (χ0n) is 19.8. The number of esters is 1. The maximum Gasteiger partial charge on any atom is 0.408 e. The van der Waals surface area contributed by atoms with E-state index in [1.807, 2.05) is 48.5 Å². The van der Waals surface area contributed by atoms with Gasteiger partial charge in [0.1, 0.15) is 6.61 Å². The Morgan fingerprint density at radius 2 is 1.54 bits per heavy atom. The molecule has 186 valence electrons. The number of alkyl carbamates (subject to hydrolysis) is 1. The van der Waals surface area contributed by atoms with Crippen LogP contribution in [0.15, 0.2) is 48.5 Å². The molecule has 2 aromatic rings. The number of amides is 2. The van der Waals surface area contributed by atoms with E-state index < -0.39 is 30.0 Å². The van der Waals surface area contributed by atoms with E-state index in [-0.39, 0.29) is 38.0 Å². The fourth-order valence-corrected chi connectivity index (χ4v) is 4.17. The highest BCUT2D eigenvalue weighted by molar-refractivity contribution is 6.04. The number of hydrogen-bond donors (Lipinski definition) is 3. The van der Waals surface area contributed by atoms with Crippen LogP contribution in [0.25, 0.3) is 11.1 Å². The van der Waals surface area contributed by atoms with Gasteiger partial charge in [-0.2, -0.15) is 0 Å². The number of carboxylic acids is 1. The molecule has 9 heteroatoms. The summed E-state index contributed by atoms with van der Waals surface area (Å²) in [6.07, 6.45) is -0.533. The fraction of sp³-hybridized carbons (Fsp3) is 0.385. The van der Waals surface area contributed by atoms with Gasteiger partial charge in [0.15, 0.2) is 0 Å². The standard InChI is InChI=1S/C26H30N2O7/c1-3-16(13-22(29)30)14-27-24(31)23(25(32)34-4-2)28-26(33)35-15-21-19-11-7-5-9-17(19)18-10-6-8-12-20(18)21/h5-12,16,21,23H,3-4,13-15H2,1-2H3,(H,27,31)(H,28,33)(H,29,30). The first-order valence-electron chi connectivity index (χ1n) is 11.6. The lowest BCUT2D eigenvalue weighted by Gasteiger charge is -2.20. The van der Waals surface area contributed by atoms with E-state index in [2.05, 4.69) is 10.6 Å². The second-order valence-corrected chi connectivity index (χ2v) is 8.27. The Morgan fingerprint density at radius 1 is 0.943 bits per heavy atom. The quantitative estimate of drug-likeness (QED) is 0.331. The van der Waals surface area contributed by atoms with Crippen molar-refractivity contribution in [2.45, 2.75) is 38.6 Å². The lowest BCUT2D eigenvalue weighted by molar-refractivity contribution is -0.149. The number of carbonyl (C=O) groups is 4. The molecule has 2 unspecified atom stereocenters. The van der Waals surface area contributed by atoms with Crippen LogP contribution in [0.4, 0.5) is 4.79 Å². The molecule has 0 aliphatic heterocycles. The van der Waals surface area contributed by atoms with Crippen molar-refractivity contribution in [3.63, 3.8) is 0 Å². The number of nitrogens with one attached hydrogen (secondary N) is 2. The first-order valence-corrected chi connectivity index (χ1v) is 11.6. The summed E-state index contributed by atoms with van der Waals surface area (Å²) in [4.78, 5) is 48.6. The van der Waals surface area contributed by atoms with Gasteiger partial charge < -0.3 is 19.9 Å². The Balaban J connectivity index is 1.64. The number of benzene rings is 2. The Morgan fingerprint density at radius 3 is 2.09 bits per heavy atom. The summed E-state index contributed by atoms with van der Waals surface area (Å²) in [5.41, 5.74) is 4.22. The molecule has 0 spiro atoms. The summed E-state index contributed by atoms with van der Waals surface area (Å²) >= 11 is 0. The highest BCUT2D eigenvalue weighted by Gasteiger charge is 2.33. The molecule has 0 aromatic heterocycles. The summed E-state index contributed by atoms with van der Waals surface area (Å²) in [6.45, 7) is 3.47. The Labute approximate surface area is 203 Å². The normalized spacial score (nSPS) is 13.7. The van der Waals surface area contributed by atoms with Gasteiger partial charge in [0, 0.05) is 18.9 Å². The fourth-order valence-electron chi connectivity index (χ4n) is 4.17. The minimum Gasteiger partial charge on any atom is -0.481 e. The molecular weight excluding hydrogens is 452 g/mol. The van der Waals surface area contributed by atoms with Crippen LogP contribution in [-0.4, -0.2) is 54.8 Å². The van der Waals surface area contributed by atoms with Gasteiger partial charge in [-0.05, 0) is 35.1 Å². The van der Waals surface area contributed by atoms with Crippen molar-refractivity contribution in [3.8, 4) is 11.1 Å². The van der Waals surface area contributed by atoms with Crippen molar-refractivity contribution in [2.75, 3.05) is 19.8 Å². The number of hydrogen-bond acceptors (Lipinski definition) is 6. The summed E-state index contributed by atoms with van der Waals surface area (Å²) in [5.74, 6) is -3.19. The third kappa shape index (κ3) is 6.38. The van der Waals surface area contributed by atoms with Gasteiger partial charge in [0.25, 0.3) is 5.91 Å². The summed E-state index contributed by atoms with van der Waals surface area (Å²) in [5, 5.41) is 13.8. The van der Waals surface area contributed by atoms with Gasteiger partial charge in [-0.3, -0.25) is 14.9 Å². The van der Waals surface area contributed by atoms with Gasteiger partial charge >= 0.3 is 18.0 Å². The van der Waals surface area contributed by atoms with Gasteiger partial charge in [0.05, 0.1) is 6.61 Å². The molecular formula is C26H30N2O7. The lowest BCUT2D eigenvalue weighted by atomic mass is 9.98. The Bertz CT molecular complexity index is 1040. The van der Waals surface area contributed by atoms with Crippen LogP contribution >= 0.6 is 0 Å². The molecule has 3 rings (SSSR count). The topological polar surface area (TPSA) is 131 Å². The molecule has 0 saturated heterocycles. The van der Waals surface area contributed by atoms with Crippen molar-refractivity contribution in [3.05, 3.63) is 59.7 Å². The first kappa shape index (κ1) is 25.7. The molecule has 0 bridgehead atoms. The maximum atomic E-state index is 12.7. The monoisotopic (exact) mass is 482 g/mol. The van der Waals surface area contributed by atoms with E-state index in [9.17, 15) is 19.2 Å². The van der Waals surface area contributed by atoms with Crippen LogP contribution in [0, 0.1) is 5.92 Å². The molecule has 2 amide bonds. The molecule has 9 nitrogen and oxygen atoms in total. The zero-order chi connectivity index (χ0) is 25.4. The second kappa shape index (κ2) is 12.0. The van der Waals surface area contributed by atoms with Crippen molar-refractivity contribution >= 4 is 23.9 Å². The Hall–Kier alpha value is -3.88. The number of fused-ring (bicyclic) bond motifs is 3. The molecule has 2 atom stereocenters. The predicted octanol–water partition coefficient (Wildman–Crippen LogP) is 3.07. The number of rotatable bonds is 11. The number of carbonyl (C=O) groups excluding carboxylic acids is 3. The van der Waals surface area contributed by atoms with Crippen LogP contribution in [-0.2, 0) is 23.9 Å². The molecule has 3 N–H and O–H groups in total. The maximum absolute atomic E-state index is 12.7. The number of ether oxygens (including phenoxy) is 2. The van der Waals surface area contributed by atoms with Gasteiger partial charge in [-0.1, -0.05) is 61.9 Å². The molecule has 0 heterocycles. The van der Waals surface area contributed by atoms with Crippen LogP contribution in [0.1, 0.15) is 43.7 Å². The average molecular weight is 483 g/mol. The number of carboxylic acid groups (broad SMARTS) is 1. The van der Waals surface area contributed by atoms with E-state index in [4.69, 9.17) is 14.6 Å². The van der Waals surface area contributed by atoms with Crippen molar-refractivity contribution in [2.24, 2.45) is 5.92 Å². The van der Waals surface area contributed by atoms with Crippen LogP contribution in [0.2, 0.25) is 0 Å². The highest BCUT2D eigenvalue weighted by atomic mass is 16.6. The summed E-state index contributed by atoms with van der Waals surface area (Å²) in [6, 6.07) is 14.1. The van der Waals surface area contributed by atoms with Crippen LogP contribution < -0.4 is 10.6 Å². The average Bonchev–Trinajstić information content (AvgIpc) is 3.17. The van der Waals surface area contributed by atoms with E-state index in [0.717, 1.165) is 22.3 Å². The van der Waals surface area contributed by atoms with Crippen molar-refractivity contribution < 1.29 is 33.8 Å². The van der Waals surface area contributed by atoms with E-state index in [0.29, 0.717) is 6.42 Å². The summed E-state index contributed by atoms with van der Waals surface area (Å²) < 4.78 is 10.4. The van der Waals surface area contributed by atoms with Crippen molar-refractivity contribution in [1.82, 2.24) is 10.6 Å². The van der Waals surface area contributed by atoms with E-state index in [1.165, 1.54) is 0 Å². The smallest absolute Gasteiger partial charge is 0.408 e. The molecule has 0 radical (unpaired) electrons. The molecule has 2 aromatic carbocycles. The first-order chi connectivity index (χ1) is 16.8. The van der Waals surface area contributed by atoms with E-state index >= 15 is 0 Å². The van der Waals surface area contributed by atoms with Crippen LogP contribution in [0.3, 0.4) is 0 Å². The largest absolute Gasteiger partial charge is 0.481 e. The summed E-state index contributed by atoms with van der Waals surface area (Å²) in [7, 11) is 0. The molecule has 1 aliphatic carbocycles.